The van der Waals surface area contributed by atoms with Gasteiger partial charge >= 0.3 is 0 Å². The van der Waals surface area contributed by atoms with Crippen molar-refractivity contribution in [2.45, 2.75) is 13.5 Å². The molecule has 4 aromatic rings. The van der Waals surface area contributed by atoms with Crippen LogP contribution in [0.2, 0.25) is 0 Å². The van der Waals surface area contributed by atoms with Crippen molar-refractivity contribution in [2.24, 2.45) is 0 Å². The van der Waals surface area contributed by atoms with Crippen LogP contribution in [-0.4, -0.2) is 50.7 Å². The summed E-state index contributed by atoms with van der Waals surface area (Å²) in [5, 5.41) is 9.76. The molecule has 5 rings (SSSR count). The standard InChI is InChI=1S/C21H22N6/c1-16-23-24-20-18-9-5-6-10-19(18)22-21(27(16)20)26-13-11-25(12-14-26)15-17-7-3-2-4-8-17/h2-10H,11-15H2,1H3. The van der Waals surface area contributed by atoms with Crippen LogP contribution >= 0.6 is 0 Å². The van der Waals surface area contributed by atoms with Crippen molar-refractivity contribution in [3.8, 4) is 0 Å². The highest BCUT2D eigenvalue weighted by atomic mass is 15.4. The largest absolute Gasteiger partial charge is 0.339 e. The zero-order chi connectivity index (χ0) is 18.2. The van der Waals surface area contributed by atoms with Crippen molar-refractivity contribution in [3.05, 3.63) is 66.0 Å². The highest BCUT2D eigenvalue weighted by molar-refractivity contribution is 5.92. The molecule has 0 bridgehead atoms. The number of piperazine rings is 1. The molecule has 1 fully saturated rings. The van der Waals surface area contributed by atoms with Gasteiger partial charge in [-0.05, 0) is 24.6 Å². The van der Waals surface area contributed by atoms with Gasteiger partial charge in [0.25, 0.3) is 0 Å². The van der Waals surface area contributed by atoms with E-state index >= 15 is 0 Å². The van der Waals surface area contributed by atoms with Crippen LogP contribution in [0.1, 0.15) is 11.4 Å². The number of para-hydroxylation sites is 1. The van der Waals surface area contributed by atoms with Gasteiger partial charge in [-0.25, -0.2) is 9.38 Å². The third kappa shape index (κ3) is 2.92. The Morgan fingerprint density at radius 2 is 1.59 bits per heavy atom. The molecule has 1 saturated heterocycles. The lowest BCUT2D eigenvalue weighted by atomic mass is 10.2. The summed E-state index contributed by atoms with van der Waals surface area (Å²) in [6.07, 6.45) is 0. The van der Waals surface area contributed by atoms with Crippen LogP contribution in [0.15, 0.2) is 54.6 Å². The fourth-order valence-corrected chi connectivity index (χ4v) is 3.85. The fourth-order valence-electron chi connectivity index (χ4n) is 3.85. The molecule has 0 aliphatic carbocycles. The molecular weight excluding hydrogens is 336 g/mol. The van der Waals surface area contributed by atoms with E-state index < -0.39 is 0 Å². The maximum absolute atomic E-state index is 4.96. The maximum atomic E-state index is 4.96. The lowest BCUT2D eigenvalue weighted by Crippen LogP contribution is -2.46. The summed E-state index contributed by atoms with van der Waals surface area (Å²) >= 11 is 0. The van der Waals surface area contributed by atoms with Crippen LogP contribution in [0.3, 0.4) is 0 Å². The molecular formula is C21H22N6. The summed E-state index contributed by atoms with van der Waals surface area (Å²) in [5.41, 5.74) is 3.23. The second-order valence-corrected chi connectivity index (χ2v) is 7.08. The van der Waals surface area contributed by atoms with E-state index in [0.717, 1.165) is 61.0 Å². The molecule has 6 heteroatoms. The first-order chi connectivity index (χ1) is 13.3. The van der Waals surface area contributed by atoms with Gasteiger partial charge in [-0.2, -0.15) is 0 Å². The second-order valence-electron chi connectivity index (χ2n) is 7.08. The van der Waals surface area contributed by atoms with Gasteiger partial charge in [0.2, 0.25) is 5.95 Å². The summed E-state index contributed by atoms with van der Waals surface area (Å²) in [5.74, 6) is 1.83. The molecule has 0 amide bonds. The topological polar surface area (TPSA) is 49.6 Å². The zero-order valence-corrected chi connectivity index (χ0v) is 15.4. The number of aryl methyl sites for hydroxylation is 1. The molecule has 136 valence electrons. The van der Waals surface area contributed by atoms with Gasteiger partial charge in [0.1, 0.15) is 5.82 Å². The molecule has 0 saturated carbocycles. The van der Waals surface area contributed by atoms with E-state index in [9.17, 15) is 0 Å². The minimum absolute atomic E-state index is 0.880. The number of rotatable bonds is 3. The quantitative estimate of drug-likeness (QED) is 0.564. The normalized spacial score (nSPS) is 15.7. The Morgan fingerprint density at radius 3 is 2.41 bits per heavy atom. The molecule has 2 aromatic heterocycles. The number of nitrogens with zero attached hydrogens (tertiary/aromatic N) is 6. The summed E-state index contributed by atoms with van der Waals surface area (Å²) < 4.78 is 2.09. The van der Waals surface area contributed by atoms with Crippen LogP contribution in [0.4, 0.5) is 5.95 Å². The van der Waals surface area contributed by atoms with E-state index in [-0.39, 0.29) is 0 Å². The van der Waals surface area contributed by atoms with Crippen molar-refractivity contribution in [2.75, 3.05) is 31.1 Å². The Hall–Kier alpha value is -2.99. The van der Waals surface area contributed by atoms with Crippen molar-refractivity contribution in [1.82, 2.24) is 24.5 Å². The highest BCUT2D eigenvalue weighted by Gasteiger charge is 2.22. The Morgan fingerprint density at radius 1 is 0.852 bits per heavy atom. The van der Waals surface area contributed by atoms with Gasteiger partial charge < -0.3 is 4.90 Å². The molecule has 0 radical (unpaired) electrons. The van der Waals surface area contributed by atoms with Crippen molar-refractivity contribution < 1.29 is 0 Å². The van der Waals surface area contributed by atoms with Gasteiger partial charge in [0.05, 0.1) is 5.52 Å². The Kier molecular flexibility index (Phi) is 3.98. The number of hydrogen-bond donors (Lipinski definition) is 0. The smallest absolute Gasteiger partial charge is 0.213 e. The SMILES string of the molecule is Cc1nnc2c3ccccc3nc(N3CCN(Cc4ccccc4)CC3)n12. The predicted molar refractivity (Wildman–Crippen MR) is 107 cm³/mol. The van der Waals surface area contributed by atoms with E-state index in [4.69, 9.17) is 4.98 Å². The van der Waals surface area contributed by atoms with Gasteiger partial charge in [-0.1, -0.05) is 42.5 Å². The van der Waals surface area contributed by atoms with Gasteiger partial charge in [-0.15, -0.1) is 10.2 Å². The predicted octanol–water partition coefficient (Wildman–Crippen LogP) is 2.91. The third-order valence-electron chi connectivity index (χ3n) is 5.29. The van der Waals surface area contributed by atoms with Crippen LogP contribution < -0.4 is 4.90 Å². The summed E-state index contributed by atoms with van der Waals surface area (Å²) in [4.78, 5) is 9.82. The first-order valence-electron chi connectivity index (χ1n) is 9.41. The average molecular weight is 358 g/mol. The van der Waals surface area contributed by atoms with Gasteiger partial charge in [0, 0.05) is 38.1 Å². The van der Waals surface area contributed by atoms with Crippen molar-refractivity contribution >= 4 is 22.5 Å². The van der Waals surface area contributed by atoms with E-state index in [1.54, 1.807) is 0 Å². The molecule has 3 heterocycles. The van der Waals surface area contributed by atoms with E-state index in [0.29, 0.717) is 0 Å². The molecule has 0 unspecified atom stereocenters. The molecule has 6 nitrogen and oxygen atoms in total. The van der Waals surface area contributed by atoms with Gasteiger partial charge in [-0.3, -0.25) is 4.90 Å². The molecule has 0 N–H and O–H groups in total. The summed E-state index contributed by atoms with van der Waals surface area (Å²) in [7, 11) is 0. The lowest BCUT2D eigenvalue weighted by Gasteiger charge is -2.35. The van der Waals surface area contributed by atoms with Crippen LogP contribution in [0.25, 0.3) is 16.6 Å². The Balaban J connectivity index is 1.43. The number of hydrogen-bond acceptors (Lipinski definition) is 5. The third-order valence-corrected chi connectivity index (χ3v) is 5.29. The van der Waals surface area contributed by atoms with E-state index in [1.165, 1.54) is 5.56 Å². The van der Waals surface area contributed by atoms with Crippen molar-refractivity contribution in [3.63, 3.8) is 0 Å². The Bertz CT molecular complexity index is 1080. The summed E-state index contributed by atoms with van der Waals surface area (Å²) in [6, 6.07) is 18.8. The number of benzene rings is 2. The van der Waals surface area contributed by atoms with E-state index in [1.807, 2.05) is 19.1 Å². The number of anilines is 1. The second kappa shape index (κ2) is 6.63. The van der Waals surface area contributed by atoms with Crippen LogP contribution in [0, 0.1) is 6.92 Å². The molecule has 2 aromatic carbocycles. The van der Waals surface area contributed by atoms with E-state index in [2.05, 4.69) is 66.9 Å². The van der Waals surface area contributed by atoms with Gasteiger partial charge in [0.15, 0.2) is 5.65 Å². The first-order valence-corrected chi connectivity index (χ1v) is 9.41. The fraction of sp³-hybridized carbons (Fsp3) is 0.286. The lowest BCUT2D eigenvalue weighted by molar-refractivity contribution is 0.248. The minimum Gasteiger partial charge on any atom is -0.339 e. The molecule has 1 aliphatic rings. The number of fused-ring (bicyclic) bond motifs is 3. The highest BCUT2D eigenvalue weighted by Crippen LogP contribution is 2.24. The van der Waals surface area contributed by atoms with Crippen LogP contribution in [-0.2, 0) is 6.54 Å². The molecule has 27 heavy (non-hydrogen) atoms. The Labute approximate surface area is 158 Å². The molecule has 0 spiro atoms. The average Bonchev–Trinajstić information content (AvgIpc) is 3.11. The first kappa shape index (κ1) is 16.2. The summed E-state index contributed by atoms with van der Waals surface area (Å²) in [6.45, 7) is 6.93. The molecule has 1 aliphatic heterocycles. The van der Waals surface area contributed by atoms with Crippen LogP contribution in [0.5, 0.6) is 0 Å². The monoisotopic (exact) mass is 358 g/mol. The van der Waals surface area contributed by atoms with Crippen molar-refractivity contribution in [1.29, 1.82) is 0 Å². The number of aromatic nitrogens is 4. The zero-order valence-electron chi connectivity index (χ0n) is 15.4. The molecule has 0 atom stereocenters. The maximum Gasteiger partial charge on any atom is 0.213 e. The minimum atomic E-state index is 0.880.